The summed E-state index contributed by atoms with van der Waals surface area (Å²) in [7, 11) is 6.38. The highest BCUT2D eigenvalue weighted by Gasteiger charge is 2.43. The number of aliphatic carboxylic acids is 1. The van der Waals surface area contributed by atoms with E-state index in [4.69, 9.17) is 9.47 Å². The monoisotopic (exact) mass is 749 g/mol. The van der Waals surface area contributed by atoms with Crippen LogP contribution in [0.5, 0.6) is 0 Å². The lowest BCUT2D eigenvalue weighted by Gasteiger charge is -2.41. The van der Waals surface area contributed by atoms with Gasteiger partial charge in [0.25, 0.3) is 0 Å². The molecule has 4 N–H and O–H groups in total. The van der Waals surface area contributed by atoms with Crippen molar-refractivity contribution in [3.63, 3.8) is 0 Å². The molecule has 0 radical (unpaired) electrons. The van der Waals surface area contributed by atoms with E-state index < -0.39 is 66.0 Å². The summed E-state index contributed by atoms with van der Waals surface area (Å²) in [5, 5.41) is 18.4. The van der Waals surface area contributed by atoms with E-state index in [0.29, 0.717) is 31.4 Å². The lowest BCUT2D eigenvalue weighted by molar-refractivity contribution is -0.148. The minimum atomic E-state index is -1.25. The minimum absolute atomic E-state index is 0.0105. The number of hydrogen-bond donors (Lipinski definition) is 4. The normalized spacial score (nSPS) is 19.1. The van der Waals surface area contributed by atoms with Gasteiger partial charge in [-0.2, -0.15) is 0 Å². The number of likely N-dealkylation sites (N-methyl/N-ethyl adjacent to an activating group) is 2. The second-order valence-corrected chi connectivity index (χ2v) is 15.1. The van der Waals surface area contributed by atoms with Crippen LogP contribution in [0.15, 0.2) is 24.3 Å². The molecule has 53 heavy (non-hydrogen) atoms. The number of carboxylic acid groups (broad SMARTS) is 1. The van der Waals surface area contributed by atoms with Crippen LogP contribution in [-0.2, 0) is 39.9 Å². The van der Waals surface area contributed by atoms with Crippen LogP contribution < -0.4 is 16.0 Å². The minimum Gasteiger partial charge on any atom is -0.480 e. The molecule has 4 amide bonds. The molecule has 1 aliphatic rings. The van der Waals surface area contributed by atoms with Gasteiger partial charge in [0.1, 0.15) is 17.9 Å². The number of likely N-dealkylation sites (tertiary alicyclic amines) is 1. The fourth-order valence-electron chi connectivity index (χ4n) is 7.41. The van der Waals surface area contributed by atoms with E-state index in [1.165, 1.54) is 38.5 Å². The van der Waals surface area contributed by atoms with Crippen LogP contribution in [0.4, 0.5) is 4.39 Å². The van der Waals surface area contributed by atoms with Crippen LogP contribution in [0, 0.1) is 29.5 Å². The number of rotatable bonds is 21. The van der Waals surface area contributed by atoms with E-state index in [-0.39, 0.29) is 48.3 Å². The Kier molecular flexibility index (Phi) is 18.3. The summed E-state index contributed by atoms with van der Waals surface area (Å²) in [4.78, 5) is 70.2. The van der Waals surface area contributed by atoms with E-state index in [9.17, 15) is 33.5 Å². The quantitative estimate of drug-likeness (QED) is 0.148. The molecule has 9 atom stereocenters. The van der Waals surface area contributed by atoms with Gasteiger partial charge in [-0.15, -0.1) is 0 Å². The van der Waals surface area contributed by atoms with E-state index in [2.05, 4.69) is 16.0 Å². The first-order valence-electron chi connectivity index (χ1n) is 18.8. The summed E-state index contributed by atoms with van der Waals surface area (Å²) >= 11 is 0. The Bertz CT molecular complexity index is 1360. The van der Waals surface area contributed by atoms with Crippen molar-refractivity contribution in [1.82, 2.24) is 25.8 Å². The van der Waals surface area contributed by atoms with Gasteiger partial charge in [-0.1, -0.05) is 67.0 Å². The summed E-state index contributed by atoms with van der Waals surface area (Å²) in [6.07, 6.45) is 0.463. The van der Waals surface area contributed by atoms with E-state index >= 15 is 0 Å². The molecule has 1 aromatic rings. The molecule has 0 saturated carbocycles. The number of hydrogen-bond acceptors (Lipinski definition) is 8. The van der Waals surface area contributed by atoms with Crippen molar-refractivity contribution < 1.29 is 42.9 Å². The summed E-state index contributed by atoms with van der Waals surface area (Å²) in [6, 6.07) is 1.93. The average molecular weight is 750 g/mol. The molecule has 300 valence electrons. The van der Waals surface area contributed by atoms with Crippen molar-refractivity contribution in [2.45, 2.75) is 123 Å². The Balaban J connectivity index is 2.26. The summed E-state index contributed by atoms with van der Waals surface area (Å²) < 4.78 is 25.2. The molecule has 0 aromatic heterocycles. The topological polar surface area (TPSA) is 167 Å². The van der Waals surface area contributed by atoms with Crippen LogP contribution in [-0.4, -0.2) is 122 Å². The Labute approximate surface area is 315 Å². The molecule has 1 aromatic carbocycles. The molecular weight excluding hydrogens is 685 g/mol. The van der Waals surface area contributed by atoms with Crippen LogP contribution >= 0.6 is 0 Å². The van der Waals surface area contributed by atoms with E-state index in [0.717, 1.165) is 0 Å². The summed E-state index contributed by atoms with van der Waals surface area (Å²) in [5.41, 5.74) is 0.552. The maximum atomic E-state index is 14.1. The zero-order chi connectivity index (χ0) is 40.2. The molecule has 0 spiro atoms. The molecule has 1 aliphatic heterocycles. The van der Waals surface area contributed by atoms with Crippen LogP contribution in [0.3, 0.4) is 0 Å². The first kappa shape index (κ1) is 45.5. The Morgan fingerprint density at radius 1 is 0.943 bits per heavy atom. The number of carbonyl (C=O) groups is 5. The maximum Gasteiger partial charge on any atom is 0.326 e. The number of amides is 4. The second-order valence-electron chi connectivity index (χ2n) is 15.1. The van der Waals surface area contributed by atoms with Gasteiger partial charge in [0.2, 0.25) is 23.6 Å². The number of nitrogens with zero attached hydrogens (tertiary/aromatic N) is 2. The second kappa shape index (κ2) is 21.3. The summed E-state index contributed by atoms with van der Waals surface area (Å²) in [5.74, 6) is -4.05. The Morgan fingerprint density at radius 3 is 2.04 bits per heavy atom. The van der Waals surface area contributed by atoms with Gasteiger partial charge in [0.05, 0.1) is 42.7 Å². The predicted molar refractivity (Wildman–Crippen MR) is 200 cm³/mol. The highest BCUT2D eigenvalue weighted by atomic mass is 19.1. The zero-order valence-corrected chi connectivity index (χ0v) is 33.5. The fraction of sp³-hybridized carbons (Fsp3) is 0.718. The Morgan fingerprint density at radius 2 is 1.55 bits per heavy atom. The lowest BCUT2D eigenvalue weighted by Crippen LogP contribution is -2.59. The molecule has 14 heteroatoms. The molecule has 13 nitrogen and oxygen atoms in total. The van der Waals surface area contributed by atoms with Crippen molar-refractivity contribution in [3.05, 3.63) is 35.6 Å². The number of carboxylic acids is 1. The summed E-state index contributed by atoms with van der Waals surface area (Å²) in [6.45, 7) is 13.7. The van der Waals surface area contributed by atoms with E-state index in [1.54, 1.807) is 30.8 Å². The van der Waals surface area contributed by atoms with Crippen molar-refractivity contribution in [1.29, 1.82) is 0 Å². The third-order valence-corrected chi connectivity index (χ3v) is 10.7. The fourth-order valence-corrected chi connectivity index (χ4v) is 7.41. The first-order valence-corrected chi connectivity index (χ1v) is 18.8. The highest BCUT2D eigenvalue weighted by Crippen LogP contribution is 2.30. The predicted octanol–water partition coefficient (Wildman–Crippen LogP) is 3.24. The van der Waals surface area contributed by atoms with Gasteiger partial charge in [-0.3, -0.25) is 19.2 Å². The van der Waals surface area contributed by atoms with Crippen LogP contribution in [0.25, 0.3) is 0 Å². The van der Waals surface area contributed by atoms with Crippen LogP contribution in [0.2, 0.25) is 0 Å². The van der Waals surface area contributed by atoms with Gasteiger partial charge in [0.15, 0.2) is 0 Å². The van der Waals surface area contributed by atoms with Crippen molar-refractivity contribution in [2.75, 3.05) is 34.9 Å². The molecule has 1 saturated heterocycles. The largest absolute Gasteiger partial charge is 0.480 e. The smallest absolute Gasteiger partial charge is 0.326 e. The van der Waals surface area contributed by atoms with Gasteiger partial charge in [0, 0.05) is 34.2 Å². The van der Waals surface area contributed by atoms with Gasteiger partial charge < -0.3 is 40.3 Å². The zero-order valence-electron chi connectivity index (χ0n) is 33.5. The standard InChI is InChI=1S/C39H64FN5O8/c1-12-24(6)34(44(9)38(49)33(23(4)5)43-37(48)32(41-8)22(2)3)30(52-10)21-31(46)45-19-13-14-29(45)35(53-11)25(7)36(47)42-28(39(50)51)20-26-15-17-27(40)18-16-26/h15-18,22-25,28-30,32-35,41H,12-14,19-21H2,1-11H3,(H,42,47)(H,43,48)(H,50,51)/t24-,25+,28?,29-,30?,32?,33-,34-,35+/m0/s1. The number of methoxy groups -OCH3 is 2. The van der Waals surface area contributed by atoms with Gasteiger partial charge in [-0.25, -0.2) is 9.18 Å². The SMILES string of the molecule is CC[C@H](C)[C@@H](C(CC(=O)N1CCC[C@H]1[C@H](OC)[C@@H](C)C(=O)NC(Cc1ccc(F)cc1)C(=O)O)OC)N(C)C(=O)[C@@H](NC(=O)C(NC)C(C)C)C(C)C. The van der Waals surface area contributed by atoms with Gasteiger partial charge in [-0.05, 0) is 55.3 Å². The molecule has 0 aliphatic carbocycles. The molecule has 1 heterocycles. The molecule has 1 fully saturated rings. The number of halogens is 1. The maximum absolute atomic E-state index is 14.1. The van der Waals surface area contributed by atoms with Gasteiger partial charge >= 0.3 is 5.97 Å². The first-order chi connectivity index (χ1) is 24.9. The number of benzene rings is 1. The number of nitrogens with one attached hydrogen (secondary N) is 3. The average Bonchev–Trinajstić information content (AvgIpc) is 3.60. The number of carbonyl (C=O) groups excluding carboxylic acids is 4. The van der Waals surface area contributed by atoms with Crippen LogP contribution in [0.1, 0.15) is 79.7 Å². The molecular formula is C39H64FN5O8. The Hall–Kier alpha value is -3.62. The van der Waals surface area contributed by atoms with Crippen molar-refractivity contribution in [3.8, 4) is 0 Å². The molecule has 0 bridgehead atoms. The molecule has 3 unspecified atom stereocenters. The third-order valence-electron chi connectivity index (χ3n) is 10.7. The lowest BCUT2D eigenvalue weighted by atomic mass is 9.89. The number of ether oxygens (including phenoxy) is 2. The highest BCUT2D eigenvalue weighted by molar-refractivity contribution is 5.90. The molecule has 2 rings (SSSR count). The third kappa shape index (κ3) is 12.2. The van der Waals surface area contributed by atoms with Crippen molar-refractivity contribution >= 4 is 29.6 Å². The van der Waals surface area contributed by atoms with Crippen molar-refractivity contribution in [2.24, 2.45) is 23.7 Å². The van der Waals surface area contributed by atoms with E-state index in [1.807, 2.05) is 41.5 Å².